The first kappa shape index (κ1) is 19.4. The summed E-state index contributed by atoms with van der Waals surface area (Å²) in [6.07, 6.45) is 2.68. The third kappa shape index (κ3) is 4.30. The molecule has 0 aliphatic rings. The van der Waals surface area contributed by atoms with Crippen LogP contribution in [0.3, 0.4) is 0 Å². The van der Waals surface area contributed by atoms with Crippen molar-refractivity contribution in [3.8, 4) is 5.69 Å². The van der Waals surface area contributed by atoms with E-state index < -0.39 is 0 Å². The first-order valence-electron chi connectivity index (χ1n) is 8.87. The Bertz CT molecular complexity index is 1000. The standard InChI is InChI=1S/C22H22IN3O/c1-4-17-8-5-6-11-21(17)26-15(2)12-19(16(26)3)14-24-25-22(27)18-9-7-10-20(23)13-18/h5-14H,4H2,1-3H3,(H,25,27)/b24-14-. The summed E-state index contributed by atoms with van der Waals surface area (Å²) in [5, 5.41) is 4.16. The van der Waals surface area contributed by atoms with Gasteiger partial charge in [-0.1, -0.05) is 31.2 Å². The quantitative estimate of drug-likeness (QED) is 0.317. The van der Waals surface area contributed by atoms with Gasteiger partial charge in [-0.25, -0.2) is 5.43 Å². The average molecular weight is 471 g/mol. The van der Waals surface area contributed by atoms with Crippen LogP contribution in [0, 0.1) is 17.4 Å². The van der Waals surface area contributed by atoms with Crippen LogP contribution in [-0.4, -0.2) is 16.7 Å². The molecule has 0 spiro atoms. The number of hydrazone groups is 1. The Hall–Kier alpha value is -2.41. The average Bonchev–Trinajstić information content (AvgIpc) is 2.95. The summed E-state index contributed by atoms with van der Waals surface area (Å²) in [7, 11) is 0. The first-order valence-corrected chi connectivity index (χ1v) is 9.95. The van der Waals surface area contributed by atoms with Gasteiger partial charge in [0.25, 0.3) is 5.91 Å². The van der Waals surface area contributed by atoms with Gasteiger partial charge in [0.2, 0.25) is 0 Å². The van der Waals surface area contributed by atoms with E-state index in [0.29, 0.717) is 5.56 Å². The lowest BCUT2D eigenvalue weighted by atomic mass is 10.1. The van der Waals surface area contributed by atoms with E-state index >= 15 is 0 Å². The van der Waals surface area contributed by atoms with Gasteiger partial charge in [0.1, 0.15) is 0 Å². The number of aryl methyl sites for hydroxylation is 2. The van der Waals surface area contributed by atoms with Crippen LogP contribution in [0.2, 0.25) is 0 Å². The summed E-state index contributed by atoms with van der Waals surface area (Å²) in [6, 6.07) is 17.9. The summed E-state index contributed by atoms with van der Waals surface area (Å²) in [4.78, 5) is 12.2. The van der Waals surface area contributed by atoms with Crippen LogP contribution in [0.5, 0.6) is 0 Å². The maximum atomic E-state index is 12.2. The van der Waals surface area contributed by atoms with Crippen molar-refractivity contribution in [2.75, 3.05) is 0 Å². The van der Waals surface area contributed by atoms with Crippen molar-refractivity contribution in [3.05, 3.63) is 86.2 Å². The number of nitrogens with one attached hydrogen (secondary N) is 1. The van der Waals surface area contributed by atoms with Crippen LogP contribution >= 0.6 is 22.6 Å². The van der Waals surface area contributed by atoms with Crippen LogP contribution in [0.4, 0.5) is 0 Å². The van der Waals surface area contributed by atoms with E-state index in [4.69, 9.17) is 0 Å². The molecule has 0 radical (unpaired) electrons. The van der Waals surface area contributed by atoms with Crippen LogP contribution in [0.1, 0.15) is 39.8 Å². The van der Waals surface area contributed by atoms with E-state index in [1.165, 1.54) is 11.3 Å². The number of para-hydroxylation sites is 1. The van der Waals surface area contributed by atoms with Crippen molar-refractivity contribution in [2.45, 2.75) is 27.2 Å². The number of benzene rings is 2. The van der Waals surface area contributed by atoms with Gasteiger partial charge in [-0.05, 0) is 78.8 Å². The molecule has 0 saturated carbocycles. The Kier molecular flexibility index (Phi) is 6.11. The Morgan fingerprint density at radius 3 is 2.67 bits per heavy atom. The third-order valence-electron chi connectivity index (χ3n) is 4.54. The summed E-state index contributed by atoms with van der Waals surface area (Å²) in [5.74, 6) is -0.213. The molecule has 27 heavy (non-hydrogen) atoms. The molecule has 1 amide bonds. The van der Waals surface area contributed by atoms with Gasteiger partial charge >= 0.3 is 0 Å². The minimum Gasteiger partial charge on any atom is -0.318 e. The van der Waals surface area contributed by atoms with Gasteiger partial charge in [0, 0.05) is 31.8 Å². The van der Waals surface area contributed by atoms with E-state index in [2.05, 4.69) is 88.8 Å². The molecule has 0 aliphatic heterocycles. The molecule has 0 aliphatic carbocycles. The number of rotatable bonds is 5. The highest BCUT2D eigenvalue weighted by Crippen LogP contribution is 2.23. The molecule has 2 aromatic carbocycles. The number of amides is 1. The topological polar surface area (TPSA) is 46.4 Å². The zero-order valence-electron chi connectivity index (χ0n) is 15.7. The largest absolute Gasteiger partial charge is 0.318 e. The number of aromatic nitrogens is 1. The number of hydrogen-bond acceptors (Lipinski definition) is 2. The van der Waals surface area contributed by atoms with Crippen molar-refractivity contribution in [2.24, 2.45) is 5.10 Å². The van der Waals surface area contributed by atoms with Crippen LogP contribution in [0.15, 0.2) is 59.7 Å². The zero-order valence-corrected chi connectivity index (χ0v) is 17.8. The zero-order chi connectivity index (χ0) is 19.4. The van der Waals surface area contributed by atoms with Crippen molar-refractivity contribution in [1.82, 2.24) is 9.99 Å². The second-order valence-corrected chi connectivity index (χ2v) is 7.60. The second-order valence-electron chi connectivity index (χ2n) is 6.35. The monoisotopic (exact) mass is 471 g/mol. The van der Waals surface area contributed by atoms with E-state index in [0.717, 1.165) is 26.9 Å². The van der Waals surface area contributed by atoms with E-state index in [9.17, 15) is 4.79 Å². The maximum Gasteiger partial charge on any atom is 0.271 e. The fraction of sp³-hybridized carbons (Fsp3) is 0.182. The summed E-state index contributed by atoms with van der Waals surface area (Å²) < 4.78 is 3.25. The highest BCUT2D eigenvalue weighted by atomic mass is 127. The van der Waals surface area contributed by atoms with Gasteiger partial charge in [-0.2, -0.15) is 5.10 Å². The molecular formula is C22H22IN3O. The summed E-state index contributed by atoms with van der Waals surface area (Å²) in [5.41, 5.74) is 8.93. The van der Waals surface area contributed by atoms with Crippen molar-refractivity contribution >= 4 is 34.7 Å². The molecule has 138 valence electrons. The van der Waals surface area contributed by atoms with Crippen LogP contribution in [-0.2, 0) is 6.42 Å². The minimum absolute atomic E-state index is 0.213. The normalized spacial score (nSPS) is 11.1. The minimum atomic E-state index is -0.213. The van der Waals surface area contributed by atoms with Crippen LogP contribution in [0.25, 0.3) is 5.69 Å². The molecule has 0 fully saturated rings. The summed E-state index contributed by atoms with van der Waals surface area (Å²) >= 11 is 2.19. The predicted molar refractivity (Wildman–Crippen MR) is 119 cm³/mol. The van der Waals surface area contributed by atoms with E-state index in [1.54, 1.807) is 12.3 Å². The third-order valence-corrected chi connectivity index (χ3v) is 5.21. The molecule has 0 atom stereocenters. The summed E-state index contributed by atoms with van der Waals surface area (Å²) in [6.45, 7) is 6.32. The number of carbonyl (C=O) groups is 1. The second kappa shape index (κ2) is 8.52. The fourth-order valence-corrected chi connectivity index (χ4v) is 3.71. The molecule has 1 N–H and O–H groups in total. The molecule has 1 aromatic heterocycles. The van der Waals surface area contributed by atoms with E-state index in [-0.39, 0.29) is 5.91 Å². The van der Waals surface area contributed by atoms with E-state index in [1.807, 2.05) is 18.2 Å². The van der Waals surface area contributed by atoms with Crippen molar-refractivity contribution < 1.29 is 4.79 Å². The number of carbonyl (C=O) groups excluding carboxylic acids is 1. The SMILES string of the molecule is CCc1ccccc1-n1c(C)cc(/C=N\NC(=O)c2cccc(I)c2)c1C. The lowest BCUT2D eigenvalue weighted by Crippen LogP contribution is -2.17. The van der Waals surface area contributed by atoms with Gasteiger partial charge in [0.15, 0.2) is 0 Å². The fourth-order valence-electron chi connectivity index (χ4n) is 3.17. The van der Waals surface area contributed by atoms with Crippen molar-refractivity contribution in [1.29, 1.82) is 0 Å². The van der Waals surface area contributed by atoms with Gasteiger partial charge in [-0.15, -0.1) is 0 Å². The number of nitrogens with zero attached hydrogens (tertiary/aromatic N) is 2. The Balaban J connectivity index is 1.82. The van der Waals surface area contributed by atoms with Crippen LogP contribution < -0.4 is 5.43 Å². The highest BCUT2D eigenvalue weighted by molar-refractivity contribution is 14.1. The highest BCUT2D eigenvalue weighted by Gasteiger charge is 2.12. The molecule has 0 saturated heterocycles. The molecular weight excluding hydrogens is 449 g/mol. The Morgan fingerprint density at radius 2 is 1.93 bits per heavy atom. The smallest absolute Gasteiger partial charge is 0.271 e. The molecule has 0 bridgehead atoms. The van der Waals surface area contributed by atoms with Gasteiger partial charge in [-0.3, -0.25) is 4.79 Å². The molecule has 5 heteroatoms. The predicted octanol–water partition coefficient (Wildman–Crippen LogP) is 5.03. The Morgan fingerprint density at radius 1 is 1.15 bits per heavy atom. The number of halogens is 1. The van der Waals surface area contributed by atoms with Crippen molar-refractivity contribution in [3.63, 3.8) is 0 Å². The Labute approximate surface area is 173 Å². The lowest BCUT2D eigenvalue weighted by Gasteiger charge is -2.13. The molecule has 4 nitrogen and oxygen atoms in total. The molecule has 1 heterocycles. The lowest BCUT2D eigenvalue weighted by molar-refractivity contribution is 0.0955. The number of hydrogen-bond donors (Lipinski definition) is 1. The molecule has 0 unspecified atom stereocenters. The molecule has 3 aromatic rings. The van der Waals surface area contributed by atoms with Gasteiger partial charge in [0.05, 0.1) is 6.21 Å². The first-order chi connectivity index (χ1) is 13.0. The molecule has 3 rings (SSSR count). The van der Waals surface area contributed by atoms with Gasteiger partial charge < -0.3 is 4.57 Å². The maximum absolute atomic E-state index is 12.2.